The Morgan fingerprint density at radius 3 is 2.50 bits per heavy atom. The minimum atomic E-state index is -1.25. The Hall–Kier alpha value is -3.13. The zero-order valence-electron chi connectivity index (χ0n) is 20.2. The lowest BCUT2D eigenvalue weighted by molar-refractivity contribution is -0.155. The Bertz CT molecular complexity index is 1240. The number of esters is 2. The standard InChI is InChI=1S/C26H30N2O6/c1-25(2,3)34-24(31)28-19-9-7-6-8-16(19)17-10-11-27-14-15-12-18(22(29)32-4)20(27)26(13-15,21(17)28)23(30)33-5/h6-9,12,15,20H,10-11,13-14H2,1-5H3/t15-,20+,26+/m0/s1. The number of carbonyl (C=O) groups excluding carboxylic acids is 3. The van der Waals surface area contributed by atoms with Crippen LogP contribution in [-0.4, -0.2) is 66.5 Å². The fourth-order valence-electron chi connectivity index (χ4n) is 6.23. The largest absolute Gasteiger partial charge is 0.468 e. The summed E-state index contributed by atoms with van der Waals surface area (Å²) < 4.78 is 17.9. The Morgan fingerprint density at radius 2 is 1.82 bits per heavy atom. The maximum absolute atomic E-state index is 13.8. The molecule has 1 aromatic carbocycles. The molecule has 3 aliphatic heterocycles. The van der Waals surface area contributed by atoms with Crippen molar-refractivity contribution in [2.24, 2.45) is 5.92 Å². The van der Waals surface area contributed by atoms with Gasteiger partial charge in [-0.05, 0) is 51.2 Å². The number of para-hydroxylation sites is 1. The van der Waals surface area contributed by atoms with Crippen molar-refractivity contribution in [3.05, 3.63) is 47.2 Å². The number of hydrogen-bond donors (Lipinski definition) is 0. The van der Waals surface area contributed by atoms with Crippen molar-refractivity contribution in [1.82, 2.24) is 9.47 Å². The molecule has 4 heterocycles. The Balaban J connectivity index is 1.86. The quantitative estimate of drug-likeness (QED) is 0.496. The molecule has 1 aromatic heterocycles. The second kappa shape index (κ2) is 7.70. The monoisotopic (exact) mass is 466 g/mol. The van der Waals surface area contributed by atoms with Crippen molar-refractivity contribution >= 4 is 28.9 Å². The highest BCUT2D eigenvalue weighted by Crippen LogP contribution is 2.53. The first-order chi connectivity index (χ1) is 16.1. The van der Waals surface area contributed by atoms with Crippen LogP contribution in [0.15, 0.2) is 35.9 Å². The summed E-state index contributed by atoms with van der Waals surface area (Å²) in [5.41, 5.74) is 0.644. The lowest BCUT2D eigenvalue weighted by Gasteiger charge is -2.53. The van der Waals surface area contributed by atoms with Crippen LogP contribution in [0.5, 0.6) is 0 Å². The average molecular weight is 467 g/mol. The molecule has 0 amide bonds. The number of methoxy groups -OCH3 is 2. The van der Waals surface area contributed by atoms with E-state index in [-0.39, 0.29) is 5.92 Å². The van der Waals surface area contributed by atoms with E-state index in [1.807, 2.05) is 51.1 Å². The number of hydrogen-bond acceptors (Lipinski definition) is 7. The summed E-state index contributed by atoms with van der Waals surface area (Å²) in [5, 5.41) is 0.903. The van der Waals surface area contributed by atoms with Gasteiger partial charge < -0.3 is 14.2 Å². The van der Waals surface area contributed by atoms with E-state index in [0.717, 1.165) is 17.5 Å². The van der Waals surface area contributed by atoms with Gasteiger partial charge in [-0.15, -0.1) is 0 Å². The lowest BCUT2D eigenvalue weighted by Crippen LogP contribution is -2.65. The van der Waals surface area contributed by atoms with E-state index >= 15 is 0 Å². The first kappa shape index (κ1) is 22.7. The van der Waals surface area contributed by atoms with E-state index in [2.05, 4.69) is 4.90 Å². The smallest absolute Gasteiger partial charge is 0.419 e. The van der Waals surface area contributed by atoms with Crippen LogP contribution in [0.1, 0.15) is 38.4 Å². The fraction of sp³-hybridized carbons (Fsp3) is 0.500. The highest BCUT2D eigenvalue weighted by atomic mass is 16.6. The highest BCUT2D eigenvalue weighted by molar-refractivity contribution is 6.00. The van der Waals surface area contributed by atoms with Crippen LogP contribution in [0.3, 0.4) is 0 Å². The molecular formula is C26H30N2O6. The van der Waals surface area contributed by atoms with Gasteiger partial charge in [0.1, 0.15) is 11.0 Å². The van der Waals surface area contributed by atoms with Gasteiger partial charge in [-0.1, -0.05) is 24.3 Å². The first-order valence-corrected chi connectivity index (χ1v) is 11.6. The summed E-state index contributed by atoms with van der Waals surface area (Å²) >= 11 is 0. The molecule has 1 aliphatic carbocycles. The summed E-state index contributed by atoms with van der Waals surface area (Å²) in [5.74, 6) is -0.984. The number of carbonyl (C=O) groups is 3. The van der Waals surface area contributed by atoms with Crippen LogP contribution in [0.25, 0.3) is 10.9 Å². The minimum Gasteiger partial charge on any atom is -0.468 e. The van der Waals surface area contributed by atoms with Crippen LogP contribution in [-0.2, 0) is 35.6 Å². The lowest BCUT2D eigenvalue weighted by atomic mass is 9.61. The van der Waals surface area contributed by atoms with Gasteiger partial charge in [-0.25, -0.2) is 14.2 Å². The number of aromatic nitrogens is 1. The molecular weight excluding hydrogens is 436 g/mol. The van der Waals surface area contributed by atoms with Crippen LogP contribution in [0, 0.1) is 5.92 Å². The third-order valence-electron chi connectivity index (χ3n) is 7.19. The molecule has 2 aromatic rings. The molecule has 0 saturated carbocycles. The number of benzene rings is 1. The van der Waals surface area contributed by atoms with E-state index in [0.29, 0.717) is 36.2 Å². The summed E-state index contributed by atoms with van der Waals surface area (Å²) in [7, 11) is 2.70. The summed E-state index contributed by atoms with van der Waals surface area (Å²) in [4.78, 5) is 42.5. The van der Waals surface area contributed by atoms with Crippen molar-refractivity contribution in [2.75, 3.05) is 27.3 Å². The number of fused-ring (bicyclic) bond motifs is 3. The molecule has 180 valence electrons. The molecule has 0 spiro atoms. The van der Waals surface area contributed by atoms with Gasteiger partial charge in [-0.3, -0.25) is 9.69 Å². The predicted octanol–water partition coefficient (Wildman–Crippen LogP) is 3.19. The number of nitrogens with zero attached hydrogens (tertiary/aromatic N) is 2. The van der Waals surface area contributed by atoms with Crippen molar-refractivity contribution in [3.63, 3.8) is 0 Å². The molecule has 6 rings (SSSR count). The number of rotatable bonds is 2. The summed E-state index contributed by atoms with van der Waals surface area (Å²) in [6.07, 6.45) is 2.45. The van der Waals surface area contributed by atoms with Gasteiger partial charge in [-0.2, -0.15) is 0 Å². The summed E-state index contributed by atoms with van der Waals surface area (Å²) in [6.45, 7) is 6.82. The molecule has 8 heteroatoms. The van der Waals surface area contributed by atoms with Gasteiger partial charge in [0.05, 0.1) is 37.0 Å². The van der Waals surface area contributed by atoms with E-state index in [1.165, 1.54) is 14.2 Å². The van der Waals surface area contributed by atoms with Gasteiger partial charge in [0.25, 0.3) is 0 Å². The molecule has 0 N–H and O–H groups in total. The zero-order chi connectivity index (χ0) is 24.4. The van der Waals surface area contributed by atoms with Crippen molar-refractivity contribution < 1.29 is 28.6 Å². The molecule has 4 aliphatic rings. The van der Waals surface area contributed by atoms with Crippen LogP contribution in [0.2, 0.25) is 0 Å². The second-order valence-corrected chi connectivity index (χ2v) is 10.3. The van der Waals surface area contributed by atoms with E-state index in [1.54, 1.807) is 4.57 Å². The molecule has 4 atom stereocenters. The van der Waals surface area contributed by atoms with Crippen LogP contribution >= 0.6 is 0 Å². The van der Waals surface area contributed by atoms with Gasteiger partial charge in [0.2, 0.25) is 0 Å². The van der Waals surface area contributed by atoms with Crippen molar-refractivity contribution in [1.29, 1.82) is 0 Å². The topological polar surface area (TPSA) is 87.1 Å². The summed E-state index contributed by atoms with van der Waals surface area (Å²) in [6, 6.07) is 7.04. The predicted molar refractivity (Wildman–Crippen MR) is 125 cm³/mol. The molecule has 1 fully saturated rings. The van der Waals surface area contributed by atoms with E-state index in [4.69, 9.17) is 14.2 Å². The fourth-order valence-corrected chi connectivity index (χ4v) is 6.23. The molecule has 4 bridgehead atoms. The Morgan fingerprint density at radius 1 is 1.09 bits per heavy atom. The molecule has 1 unspecified atom stereocenters. The second-order valence-electron chi connectivity index (χ2n) is 10.3. The highest BCUT2D eigenvalue weighted by Gasteiger charge is 2.63. The maximum Gasteiger partial charge on any atom is 0.419 e. The maximum atomic E-state index is 13.8. The molecule has 34 heavy (non-hydrogen) atoms. The first-order valence-electron chi connectivity index (χ1n) is 11.6. The van der Waals surface area contributed by atoms with E-state index in [9.17, 15) is 14.4 Å². The minimum absolute atomic E-state index is 0.0609. The van der Waals surface area contributed by atoms with Gasteiger partial charge in [0, 0.05) is 18.5 Å². The SMILES string of the molecule is COC(=O)C1=C[C@@H]2CN3CCc4c(n(C(=O)OC(C)(C)C)c5ccccc45)[C@@](C(=O)OC)(C2)[C@@H]13. The molecule has 0 radical (unpaired) electrons. The zero-order valence-corrected chi connectivity index (χ0v) is 20.2. The van der Waals surface area contributed by atoms with Gasteiger partial charge in [0.15, 0.2) is 0 Å². The average Bonchev–Trinajstić information content (AvgIpc) is 3.10. The third-order valence-corrected chi connectivity index (χ3v) is 7.19. The number of piperidine rings is 1. The van der Waals surface area contributed by atoms with Crippen LogP contribution < -0.4 is 0 Å². The van der Waals surface area contributed by atoms with E-state index < -0.39 is 35.1 Å². The molecule has 1 saturated heterocycles. The van der Waals surface area contributed by atoms with Crippen LogP contribution in [0.4, 0.5) is 4.79 Å². The van der Waals surface area contributed by atoms with Gasteiger partial charge >= 0.3 is 18.0 Å². The van der Waals surface area contributed by atoms with Crippen molar-refractivity contribution in [2.45, 2.75) is 50.7 Å². The Labute approximate surface area is 198 Å². The normalized spacial score (nSPS) is 27.4. The number of ether oxygens (including phenoxy) is 3. The Kier molecular flexibility index (Phi) is 5.13. The van der Waals surface area contributed by atoms with Crippen molar-refractivity contribution in [3.8, 4) is 0 Å². The third kappa shape index (κ3) is 3.11. The molecule has 8 nitrogen and oxygen atoms in total.